The molecule has 4 aliphatic rings. The van der Waals surface area contributed by atoms with Gasteiger partial charge in [-0.3, -0.25) is 14.6 Å². The van der Waals surface area contributed by atoms with Crippen LogP contribution in [0.2, 0.25) is 6.32 Å². The third-order valence-corrected chi connectivity index (χ3v) is 12.9. The van der Waals surface area contributed by atoms with Gasteiger partial charge in [0.05, 0.1) is 75.9 Å². The minimum absolute atomic E-state index is 0.00666. The molecule has 1 N–H and O–H groups in total. The maximum atomic E-state index is 14.2. The van der Waals surface area contributed by atoms with E-state index in [4.69, 9.17) is 31.8 Å². The highest BCUT2D eigenvalue weighted by molar-refractivity contribution is 6.09. The summed E-state index contributed by atoms with van der Waals surface area (Å²) in [4.78, 5) is 38.8. The van der Waals surface area contributed by atoms with Crippen LogP contribution in [-0.2, 0) is 0 Å². The molecule has 2 radical (unpaired) electrons. The van der Waals surface area contributed by atoms with Gasteiger partial charge in [-0.25, -0.2) is 0 Å². The van der Waals surface area contributed by atoms with Crippen LogP contribution < -0.4 is 23.8 Å². The van der Waals surface area contributed by atoms with E-state index in [-0.39, 0.29) is 53.4 Å². The lowest BCUT2D eigenvalue weighted by Gasteiger charge is -2.41. The molecule has 0 spiro atoms. The summed E-state index contributed by atoms with van der Waals surface area (Å²) in [6, 6.07) is 7.41. The fourth-order valence-electron chi connectivity index (χ4n) is 8.96. The number of ether oxygens (including phenoxy) is 4. The van der Waals surface area contributed by atoms with E-state index >= 15 is 0 Å². The van der Waals surface area contributed by atoms with Crippen LogP contribution in [0, 0.1) is 10.8 Å². The quantitative estimate of drug-likeness (QED) is 0.125. The fraction of sp³-hybridized carbons (Fsp3) is 0.596. The lowest BCUT2D eigenvalue weighted by atomic mass is 9.78. The molecule has 6 rings (SSSR count). The van der Waals surface area contributed by atoms with E-state index in [2.05, 4.69) is 52.5 Å². The first-order chi connectivity index (χ1) is 28.2. The zero-order valence-corrected chi connectivity index (χ0v) is 36.8. The molecule has 4 heterocycles. The highest BCUT2D eigenvalue weighted by atomic mass is 16.5. The van der Waals surface area contributed by atoms with E-state index in [1.54, 1.807) is 20.3 Å². The molecule has 2 saturated heterocycles. The average Bonchev–Trinajstić information content (AvgIpc) is 3.80. The van der Waals surface area contributed by atoms with Crippen molar-refractivity contribution in [1.82, 2.24) is 9.80 Å². The lowest BCUT2D eigenvalue weighted by molar-refractivity contribution is 0.0717. The van der Waals surface area contributed by atoms with Gasteiger partial charge in [0.15, 0.2) is 23.0 Å². The van der Waals surface area contributed by atoms with Crippen molar-refractivity contribution in [2.24, 2.45) is 15.8 Å². The Balaban J connectivity index is 1.11. The average molecular weight is 809 g/mol. The predicted octanol–water partition coefficient (Wildman–Crippen LogP) is 8.36. The number of aliphatic hydroxyl groups excluding tert-OH is 1. The Morgan fingerprint density at radius 2 is 1.54 bits per heavy atom. The molecule has 11 nitrogen and oxygen atoms in total. The van der Waals surface area contributed by atoms with Crippen LogP contribution in [0.25, 0.3) is 0 Å². The summed E-state index contributed by atoms with van der Waals surface area (Å²) < 4.78 is 24.5. The van der Waals surface area contributed by atoms with Crippen molar-refractivity contribution < 1.29 is 33.6 Å². The molecule has 2 aromatic rings. The molecule has 318 valence electrons. The Morgan fingerprint density at radius 1 is 0.881 bits per heavy atom. The minimum atomic E-state index is -0.164. The number of nitrogens with zero attached hydrogens (tertiary/aromatic N) is 4. The maximum Gasteiger partial charge on any atom is 0.257 e. The van der Waals surface area contributed by atoms with Gasteiger partial charge in [0.2, 0.25) is 0 Å². The molecular formula is C47H65BN4O7. The smallest absolute Gasteiger partial charge is 0.257 e. The molecule has 0 aromatic heterocycles. The van der Waals surface area contributed by atoms with Gasteiger partial charge in [-0.05, 0) is 81.8 Å². The van der Waals surface area contributed by atoms with Crippen molar-refractivity contribution in [1.29, 1.82) is 0 Å². The number of aliphatic imine (C=N–C) groups is 1. The number of aliphatic hydroxyl groups is 1. The molecule has 59 heavy (non-hydrogen) atoms. The zero-order chi connectivity index (χ0) is 42.6. The minimum Gasteiger partial charge on any atom is -0.493 e. The second kappa shape index (κ2) is 18.4. The summed E-state index contributed by atoms with van der Waals surface area (Å²) in [6.07, 6.45) is 12.1. The lowest BCUT2D eigenvalue weighted by Crippen LogP contribution is -2.51. The number of hydrogen-bond acceptors (Lipinski definition) is 9. The molecule has 4 aliphatic heterocycles. The summed E-state index contributed by atoms with van der Waals surface area (Å²) in [5.74, 6) is 2.15. The number of carbonyl (C=O) groups is 2. The summed E-state index contributed by atoms with van der Waals surface area (Å²) in [5.41, 5.74) is 4.74. The van der Waals surface area contributed by atoms with Crippen molar-refractivity contribution in [3.8, 4) is 23.0 Å². The van der Waals surface area contributed by atoms with Crippen LogP contribution in [0.4, 0.5) is 11.4 Å². The normalized spacial score (nSPS) is 22.2. The number of amides is 2. The SMILES string of the molecule is [B]CC=C1CC2C=Nc3cc(OCC(C)(C)CCC(C)(C)CCOc4cc5c(cc4OC)C(=O)N4C/C(=C/C)C[C@@H]4C(CCO)N5C(C)CC)c(OC)cc3C(=O)N2C1. The molecule has 2 fully saturated rings. The van der Waals surface area contributed by atoms with E-state index < -0.39 is 0 Å². The van der Waals surface area contributed by atoms with Crippen LogP contribution in [0.15, 0.2) is 52.6 Å². The summed E-state index contributed by atoms with van der Waals surface area (Å²) in [5, 5.41) is 10.2. The molecular weight excluding hydrogens is 743 g/mol. The van der Waals surface area contributed by atoms with Crippen molar-refractivity contribution in [3.63, 3.8) is 0 Å². The molecule has 2 aromatic carbocycles. The van der Waals surface area contributed by atoms with Gasteiger partial charge in [0, 0.05) is 44.1 Å². The van der Waals surface area contributed by atoms with Crippen LogP contribution in [0.3, 0.4) is 0 Å². The first-order valence-corrected chi connectivity index (χ1v) is 21.4. The van der Waals surface area contributed by atoms with Gasteiger partial charge in [0.1, 0.15) is 0 Å². The monoisotopic (exact) mass is 808 g/mol. The third kappa shape index (κ3) is 9.48. The van der Waals surface area contributed by atoms with Crippen molar-refractivity contribution in [2.45, 2.75) is 124 Å². The summed E-state index contributed by atoms with van der Waals surface area (Å²) in [6.45, 7) is 17.5. The van der Waals surface area contributed by atoms with Gasteiger partial charge < -0.3 is 38.8 Å². The number of methoxy groups -OCH3 is 2. The number of fused-ring (bicyclic) bond motifs is 4. The first kappa shape index (κ1) is 44.1. The van der Waals surface area contributed by atoms with E-state index in [1.807, 2.05) is 47.2 Å². The molecule has 0 bridgehead atoms. The molecule has 4 atom stereocenters. The van der Waals surface area contributed by atoms with Gasteiger partial charge in [-0.15, -0.1) is 0 Å². The van der Waals surface area contributed by atoms with Crippen LogP contribution >= 0.6 is 0 Å². The second-order valence-electron chi connectivity index (χ2n) is 18.2. The Labute approximate surface area is 353 Å². The predicted molar refractivity (Wildman–Crippen MR) is 236 cm³/mol. The standard InChI is InChI=1S/C47H65BN4O7/c1-10-30(3)52-37(13-18-53)39-21-31(11-2)27-51(39)45(55)35-23-41(57-9)43(25-38(35)52)58-19-16-46(4,5)14-15-47(6,7)29-59-42-24-36-34(22-40(42)56-8)44(54)50-28-32(12-17-48)20-33(50)26-49-36/h11-12,22-26,30,33,37,39,53H,10,13-21,27-29H2,1-9H3/b31-11+,32-12?/t30?,33?,37?,39-/m1/s1. The topological polar surface area (TPSA) is 113 Å². The van der Waals surface area contributed by atoms with Gasteiger partial charge in [-0.2, -0.15) is 0 Å². The molecule has 12 heteroatoms. The van der Waals surface area contributed by atoms with Crippen LogP contribution in [-0.4, -0.2) is 112 Å². The van der Waals surface area contributed by atoms with E-state index in [0.717, 1.165) is 49.8 Å². The molecule has 3 unspecified atom stereocenters. The van der Waals surface area contributed by atoms with Crippen molar-refractivity contribution >= 4 is 37.3 Å². The van der Waals surface area contributed by atoms with Crippen LogP contribution in [0.1, 0.15) is 114 Å². The Bertz CT molecular complexity index is 1960. The fourth-order valence-corrected chi connectivity index (χ4v) is 8.96. The highest BCUT2D eigenvalue weighted by Crippen LogP contribution is 2.45. The van der Waals surface area contributed by atoms with Gasteiger partial charge in [0.25, 0.3) is 11.8 Å². The number of anilines is 1. The van der Waals surface area contributed by atoms with E-state index in [1.165, 1.54) is 5.57 Å². The second-order valence-corrected chi connectivity index (χ2v) is 18.2. The zero-order valence-electron chi connectivity index (χ0n) is 36.8. The number of allylic oxidation sites excluding steroid dienone is 2. The largest absolute Gasteiger partial charge is 0.493 e. The number of hydrogen-bond donors (Lipinski definition) is 1. The number of rotatable bonds is 17. The van der Waals surface area contributed by atoms with Crippen LogP contribution in [0.5, 0.6) is 23.0 Å². The summed E-state index contributed by atoms with van der Waals surface area (Å²) >= 11 is 0. The van der Waals surface area contributed by atoms with Crippen molar-refractivity contribution in [2.75, 3.05) is 52.0 Å². The Morgan fingerprint density at radius 3 is 2.20 bits per heavy atom. The van der Waals surface area contributed by atoms with Gasteiger partial charge >= 0.3 is 0 Å². The molecule has 0 aliphatic carbocycles. The van der Waals surface area contributed by atoms with Crippen molar-refractivity contribution in [3.05, 3.63) is 58.7 Å². The van der Waals surface area contributed by atoms with E-state index in [9.17, 15) is 14.7 Å². The number of benzene rings is 2. The maximum absolute atomic E-state index is 14.2. The Hall–Kier alpha value is -4.45. The third-order valence-electron chi connectivity index (χ3n) is 12.9. The van der Waals surface area contributed by atoms with Gasteiger partial charge in [-0.1, -0.05) is 64.2 Å². The summed E-state index contributed by atoms with van der Waals surface area (Å²) in [7, 11) is 8.95. The number of carbonyl (C=O) groups excluding carboxylic acids is 2. The first-order valence-electron chi connectivity index (χ1n) is 21.4. The van der Waals surface area contributed by atoms with E-state index in [0.29, 0.717) is 78.9 Å². The molecule has 2 amide bonds. The Kier molecular flexibility index (Phi) is 13.8. The molecule has 0 saturated carbocycles. The highest BCUT2D eigenvalue weighted by Gasteiger charge is 2.45.